The lowest BCUT2D eigenvalue weighted by molar-refractivity contribution is 0.0856. The van der Waals surface area contributed by atoms with Gasteiger partial charge in [-0.15, -0.1) is 0 Å². The predicted molar refractivity (Wildman–Crippen MR) is 69.8 cm³/mol. The lowest BCUT2D eigenvalue weighted by atomic mass is 9.90. The highest BCUT2D eigenvalue weighted by molar-refractivity contribution is 5.29. The third-order valence-electron chi connectivity index (χ3n) is 4.10. The minimum atomic E-state index is -2.49. The molecule has 1 aromatic rings. The molecule has 2 aliphatic rings. The van der Waals surface area contributed by atoms with Crippen molar-refractivity contribution in [3.8, 4) is 5.75 Å². The summed E-state index contributed by atoms with van der Waals surface area (Å²) in [6.07, 6.45) is 2.29. The van der Waals surface area contributed by atoms with Crippen molar-refractivity contribution in [2.24, 2.45) is 5.92 Å². The zero-order valence-electron chi connectivity index (χ0n) is 10.9. The maximum Gasteiger partial charge on any atom is 0.255 e. The SMILES string of the molecule is FC1(F)C[C@@H]1COc1ccc(C2CCNCC2)cc1. The molecule has 1 aliphatic heterocycles. The molecule has 3 rings (SSSR count). The molecule has 1 heterocycles. The molecular formula is C15H19F2NO. The number of rotatable bonds is 4. The smallest absolute Gasteiger partial charge is 0.255 e. The van der Waals surface area contributed by atoms with Gasteiger partial charge >= 0.3 is 0 Å². The molecule has 0 spiro atoms. The Labute approximate surface area is 112 Å². The van der Waals surface area contributed by atoms with Crippen LogP contribution in [0.15, 0.2) is 24.3 Å². The molecular weight excluding hydrogens is 248 g/mol. The van der Waals surface area contributed by atoms with E-state index in [9.17, 15) is 8.78 Å². The predicted octanol–water partition coefficient (Wildman–Crippen LogP) is 3.19. The molecule has 0 aromatic heterocycles. The van der Waals surface area contributed by atoms with Crippen LogP contribution in [0.4, 0.5) is 8.78 Å². The van der Waals surface area contributed by atoms with Crippen LogP contribution in [0.2, 0.25) is 0 Å². The van der Waals surface area contributed by atoms with Gasteiger partial charge < -0.3 is 10.1 Å². The van der Waals surface area contributed by atoms with Crippen LogP contribution >= 0.6 is 0 Å². The van der Waals surface area contributed by atoms with Gasteiger partial charge in [0.2, 0.25) is 0 Å². The molecule has 1 N–H and O–H groups in total. The second kappa shape index (κ2) is 5.08. The average molecular weight is 267 g/mol. The van der Waals surface area contributed by atoms with E-state index in [1.54, 1.807) is 0 Å². The minimum Gasteiger partial charge on any atom is -0.493 e. The van der Waals surface area contributed by atoms with E-state index >= 15 is 0 Å². The third-order valence-corrected chi connectivity index (χ3v) is 4.10. The van der Waals surface area contributed by atoms with Gasteiger partial charge in [0, 0.05) is 6.42 Å². The average Bonchev–Trinajstić information content (AvgIpc) is 3.06. The maximum absolute atomic E-state index is 12.7. The van der Waals surface area contributed by atoms with Crippen molar-refractivity contribution in [1.82, 2.24) is 5.32 Å². The Morgan fingerprint density at radius 3 is 2.37 bits per heavy atom. The molecule has 2 nitrogen and oxygen atoms in total. The molecule has 0 amide bonds. The quantitative estimate of drug-likeness (QED) is 0.904. The summed E-state index contributed by atoms with van der Waals surface area (Å²) in [4.78, 5) is 0. The number of hydrogen-bond donors (Lipinski definition) is 1. The van der Waals surface area contributed by atoms with E-state index in [1.165, 1.54) is 5.56 Å². The number of piperidine rings is 1. The van der Waals surface area contributed by atoms with Crippen LogP contribution in [0.25, 0.3) is 0 Å². The lowest BCUT2D eigenvalue weighted by Crippen LogP contribution is -2.26. The highest BCUT2D eigenvalue weighted by atomic mass is 19.3. The highest BCUT2D eigenvalue weighted by Crippen LogP contribution is 2.48. The Morgan fingerprint density at radius 2 is 1.79 bits per heavy atom. The van der Waals surface area contributed by atoms with Crippen LogP contribution in [0.1, 0.15) is 30.7 Å². The van der Waals surface area contributed by atoms with Crippen LogP contribution in [-0.4, -0.2) is 25.6 Å². The van der Waals surface area contributed by atoms with Gasteiger partial charge in [0.1, 0.15) is 5.75 Å². The fraction of sp³-hybridized carbons (Fsp3) is 0.600. The Kier molecular flexibility index (Phi) is 3.44. The first-order chi connectivity index (χ1) is 9.15. The summed E-state index contributed by atoms with van der Waals surface area (Å²) < 4.78 is 30.9. The molecule has 0 bridgehead atoms. The summed E-state index contributed by atoms with van der Waals surface area (Å²) in [5.74, 6) is -1.77. The molecule has 19 heavy (non-hydrogen) atoms. The summed E-state index contributed by atoms with van der Waals surface area (Å²) in [5.41, 5.74) is 1.32. The van der Waals surface area contributed by atoms with Crippen LogP contribution in [0.5, 0.6) is 5.75 Å². The summed E-state index contributed by atoms with van der Waals surface area (Å²) in [5, 5.41) is 3.35. The molecule has 1 aliphatic carbocycles. The van der Waals surface area contributed by atoms with Gasteiger partial charge in [-0.05, 0) is 49.5 Å². The third kappa shape index (κ3) is 3.06. The van der Waals surface area contributed by atoms with Crippen molar-refractivity contribution in [2.75, 3.05) is 19.7 Å². The van der Waals surface area contributed by atoms with Gasteiger partial charge in [-0.2, -0.15) is 0 Å². The molecule has 1 saturated carbocycles. The second-order valence-electron chi connectivity index (χ2n) is 5.57. The molecule has 4 heteroatoms. The van der Waals surface area contributed by atoms with E-state index in [1.807, 2.05) is 12.1 Å². The number of hydrogen-bond acceptors (Lipinski definition) is 2. The van der Waals surface area contributed by atoms with E-state index in [4.69, 9.17) is 4.74 Å². The topological polar surface area (TPSA) is 21.3 Å². The Balaban J connectivity index is 1.53. The van der Waals surface area contributed by atoms with Gasteiger partial charge in [-0.1, -0.05) is 12.1 Å². The van der Waals surface area contributed by atoms with Gasteiger partial charge in [-0.25, -0.2) is 8.78 Å². The van der Waals surface area contributed by atoms with Gasteiger partial charge in [0.05, 0.1) is 12.5 Å². The Morgan fingerprint density at radius 1 is 1.16 bits per heavy atom. The fourth-order valence-electron chi connectivity index (χ4n) is 2.64. The van der Waals surface area contributed by atoms with Crippen LogP contribution in [-0.2, 0) is 0 Å². The molecule has 104 valence electrons. The molecule has 0 unspecified atom stereocenters. The standard InChI is InChI=1S/C15H19F2NO/c16-15(17)9-13(15)10-19-14-3-1-11(2-4-14)12-5-7-18-8-6-12/h1-4,12-13,18H,5-10H2/t13-/m1/s1. The fourth-order valence-corrected chi connectivity index (χ4v) is 2.64. The van der Waals surface area contributed by atoms with Gasteiger partial charge in [0.15, 0.2) is 0 Å². The van der Waals surface area contributed by atoms with Crippen LogP contribution in [0, 0.1) is 5.92 Å². The molecule has 0 radical (unpaired) electrons. The Hall–Kier alpha value is -1.16. The number of halogens is 2. The Bertz CT molecular complexity index is 426. The highest BCUT2D eigenvalue weighted by Gasteiger charge is 2.57. The van der Waals surface area contributed by atoms with Crippen molar-refractivity contribution in [1.29, 1.82) is 0 Å². The van der Waals surface area contributed by atoms with Crippen molar-refractivity contribution in [3.63, 3.8) is 0 Å². The van der Waals surface area contributed by atoms with Crippen molar-refractivity contribution >= 4 is 0 Å². The summed E-state index contributed by atoms with van der Waals surface area (Å²) in [7, 11) is 0. The number of nitrogens with one attached hydrogen (secondary N) is 1. The van der Waals surface area contributed by atoms with Crippen molar-refractivity contribution in [3.05, 3.63) is 29.8 Å². The van der Waals surface area contributed by atoms with Gasteiger partial charge in [0.25, 0.3) is 5.92 Å². The first-order valence-electron chi connectivity index (χ1n) is 6.96. The number of ether oxygens (including phenoxy) is 1. The summed E-state index contributed by atoms with van der Waals surface area (Å²) in [6.45, 7) is 2.26. The van der Waals surface area contributed by atoms with Crippen LogP contribution < -0.4 is 10.1 Å². The number of benzene rings is 1. The minimum absolute atomic E-state index is 0.0276. The first-order valence-corrected chi connectivity index (χ1v) is 6.96. The van der Waals surface area contributed by atoms with Crippen molar-refractivity contribution < 1.29 is 13.5 Å². The summed E-state index contributed by atoms with van der Waals surface area (Å²) >= 11 is 0. The monoisotopic (exact) mass is 267 g/mol. The van der Waals surface area contributed by atoms with E-state index in [0.717, 1.165) is 25.9 Å². The number of alkyl halides is 2. The molecule has 1 atom stereocenters. The normalized spacial score (nSPS) is 26.1. The first kappa shape index (κ1) is 12.9. The largest absolute Gasteiger partial charge is 0.493 e. The van der Waals surface area contributed by atoms with E-state index in [0.29, 0.717) is 11.7 Å². The zero-order valence-corrected chi connectivity index (χ0v) is 10.9. The second-order valence-corrected chi connectivity index (χ2v) is 5.57. The lowest BCUT2D eigenvalue weighted by Gasteiger charge is -2.23. The molecule has 2 fully saturated rings. The molecule has 1 saturated heterocycles. The molecule has 1 aromatic carbocycles. The van der Waals surface area contributed by atoms with Gasteiger partial charge in [-0.3, -0.25) is 0 Å². The zero-order chi connectivity index (χ0) is 13.3. The van der Waals surface area contributed by atoms with E-state index < -0.39 is 11.8 Å². The van der Waals surface area contributed by atoms with E-state index in [-0.39, 0.29) is 13.0 Å². The maximum atomic E-state index is 12.7. The summed E-state index contributed by atoms with van der Waals surface area (Å²) in [6, 6.07) is 7.93. The van der Waals surface area contributed by atoms with Crippen molar-refractivity contribution in [2.45, 2.75) is 31.1 Å². The van der Waals surface area contributed by atoms with E-state index in [2.05, 4.69) is 17.4 Å². The van der Waals surface area contributed by atoms with Crippen LogP contribution in [0.3, 0.4) is 0 Å².